The van der Waals surface area contributed by atoms with Gasteiger partial charge in [-0.2, -0.15) is 0 Å². The first kappa shape index (κ1) is 22.3. The van der Waals surface area contributed by atoms with E-state index in [0.29, 0.717) is 11.6 Å². The Hall–Kier alpha value is -2.91. The van der Waals surface area contributed by atoms with E-state index in [2.05, 4.69) is 55.5 Å². The van der Waals surface area contributed by atoms with Crippen molar-refractivity contribution in [1.82, 2.24) is 0 Å². The zero-order chi connectivity index (χ0) is 22.4. The summed E-state index contributed by atoms with van der Waals surface area (Å²) in [5.74, 6) is 0. The van der Waals surface area contributed by atoms with E-state index in [0.717, 1.165) is 23.1 Å². The second-order valence-corrected chi connectivity index (χ2v) is 8.56. The lowest BCUT2D eigenvalue weighted by Gasteiger charge is -2.37. The highest BCUT2D eigenvalue weighted by Crippen LogP contribution is 2.43. The zero-order valence-electron chi connectivity index (χ0n) is 18.2. The first-order valence-corrected chi connectivity index (χ1v) is 11.3. The van der Waals surface area contributed by atoms with Gasteiger partial charge in [-0.3, -0.25) is 0 Å². The molecule has 3 heteroatoms. The first-order chi connectivity index (χ1) is 15.6. The fourth-order valence-corrected chi connectivity index (χ4v) is 4.41. The fourth-order valence-electron chi connectivity index (χ4n) is 4.14. The van der Waals surface area contributed by atoms with Crippen molar-refractivity contribution in [3.63, 3.8) is 0 Å². The summed E-state index contributed by atoms with van der Waals surface area (Å²) in [6, 6.07) is 36.7. The molecule has 0 fully saturated rings. The predicted molar refractivity (Wildman–Crippen MR) is 133 cm³/mol. The van der Waals surface area contributed by atoms with E-state index < -0.39 is 5.60 Å². The highest BCUT2D eigenvalue weighted by atomic mass is 35.5. The van der Waals surface area contributed by atoms with Crippen molar-refractivity contribution in [3.05, 3.63) is 142 Å². The van der Waals surface area contributed by atoms with E-state index in [1.807, 2.05) is 60.7 Å². The number of halogens is 1. The van der Waals surface area contributed by atoms with Gasteiger partial charge in [-0.05, 0) is 36.1 Å². The molecule has 2 atom stereocenters. The number of hydrogen-bond donors (Lipinski definition) is 1. The van der Waals surface area contributed by atoms with Crippen LogP contribution in [-0.2, 0) is 16.8 Å². The maximum atomic E-state index is 6.83. The molecule has 0 aromatic heterocycles. The Morgan fingerprint density at radius 3 is 1.97 bits per heavy atom. The van der Waals surface area contributed by atoms with Gasteiger partial charge >= 0.3 is 0 Å². The minimum atomic E-state index is -0.873. The SMILES string of the molecule is Cc1ccc(C(OC[C@@H](N)Cc2ccccc2)(c2ccccc2)c2ccccc2Cl)cc1. The van der Waals surface area contributed by atoms with Crippen LogP contribution in [0.2, 0.25) is 5.02 Å². The van der Waals surface area contributed by atoms with Crippen molar-refractivity contribution >= 4 is 11.6 Å². The fraction of sp³-hybridized carbons (Fsp3) is 0.172. The van der Waals surface area contributed by atoms with E-state index in [4.69, 9.17) is 22.1 Å². The lowest BCUT2D eigenvalue weighted by Crippen LogP contribution is -2.39. The molecule has 0 aliphatic rings. The van der Waals surface area contributed by atoms with E-state index >= 15 is 0 Å². The number of hydrogen-bond acceptors (Lipinski definition) is 2. The molecule has 4 aromatic rings. The summed E-state index contributed by atoms with van der Waals surface area (Å²) in [6.07, 6.45) is 0.738. The van der Waals surface area contributed by atoms with E-state index in [9.17, 15) is 0 Å². The molecule has 0 spiro atoms. The molecule has 0 saturated heterocycles. The molecule has 1 unspecified atom stereocenters. The maximum Gasteiger partial charge on any atom is 0.145 e. The topological polar surface area (TPSA) is 35.2 Å². The second kappa shape index (κ2) is 10.1. The summed E-state index contributed by atoms with van der Waals surface area (Å²) in [7, 11) is 0. The van der Waals surface area contributed by atoms with Crippen LogP contribution in [0.1, 0.15) is 27.8 Å². The Morgan fingerprint density at radius 2 is 1.31 bits per heavy atom. The van der Waals surface area contributed by atoms with Gasteiger partial charge < -0.3 is 10.5 Å². The highest BCUT2D eigenvalue weighted by molar-refractivity contribution is 6.31. The molecule has 4 aromatic carbocycles. The van der Waals surface area contributed by atoms with Crippen LogP contribution < -0.4 is 5.73 Å². The zero-order valence-corrected chi connectivity index (χ0v) is 19.0. The third kappa shape index (κ3) is 4.78. The summed E-state index contributed by atoms with van der Waals surface area (Å²) in [6.45, 7) is 2.46. The number of ether oxygens (including phenoxy) is 1. The van der Waals surface area contributed by atoms with Crippen molar-refractivity contribution in [2.75, 3.05) is 6.61 Å². The monoisotopic (exact) mass is 441 g/mol. The summed E-state index contributed by atoms with van der Waals surface area (Å²) < 4.78 is 6.83. The Bertz CT molecular complexity index is 1130. The average molecular weight is 442 g/mol. The van der Waals surface area contributed by atoms with Crippen molar-refractivity contribution in [2.45, 2.75) is 25.0 Å². The van der Waals surface area contributed by atoms with Gasteiger partial charge in [0, 0.05) is 16.6 Å². The molecule has 0 bridgehead atoms. The van der Waals surface area contributed by atoms with Crippen molar-refractivity contribution in [1.29, 1.82) is 0 Å². The number of aryl methyl sites for hydroxylation is 1. The molecular formula is C29H28ClNO. The van der Waals surface area contributed by atoms with Gasteiger partial charge in [-0.1, -0.05) is 120 Å². The van der Waals surface area contributed by atoms with Crippen LogP contribution in [0.25, 0.3) is 0 Å². The molecule has 0 radical (unpaired) electrons. The van der Waals surface area contributed by atoms with Crippen LogP contribution in [0.15, 0.2) is 109 Å². The second-order valence-electron chi connectivity index (χ2n) is 8.15. The summed E-state index contributed by atoms with van der Waals surface area (Å²) in [5, 5.41) is 0.661. The average Bonchev–Trinajstić information content (AvgIpc) is 2.83. The van der Waals surface area contributed by atoms with E-state index in [1.165, 1.54) is 11.1 Å². The van der Waals surface area contributed by atoms with Gasteiger partial charge in [-0.25, -0.2) is 0 Å². The van der Waals surface area contributed by atoms with Gasteiger partial charge in [0.1, 0.15) is 5.60 Å². The number of rotatable bonds is 8. The van der Waals surface area contributed by atoms with Crippen molar-refractivity contribution in [3.8, 4) is 0 Å². The van der Waals surface area contributed by atoms with Crippen molar-refractivity contribution in [2.24, 2.45) is 5.73 Å². The molecule has 0 saturated carbocycles. The molecular weight excluding hydrogens is 414 g/mol. The van der Waals surface area contributed by atoms with E-state index in [-0.39, 0.29) is 6.04 Å². The maximum absolute atomic E-state index is 6.83. The molecule has 4 rings (SSSR count). The van der Waals surface area contributed by atoms with Gasteiger partial charge in [-0.15, -0.1) is 0 Å². The highest BCUT2D eigenvalue weighted by Gasteiger charge is 2.39. The van der Waals surface area contributed by atoms with Crippen LogP contribution in [0.5, 0.6) is 0 Å². The Balaban J connectivity index is 1.79. The lowest BCUT2D eigenvalue weighted by molar-refractivity contribution is 0.00517. The summed E-state index contributed by atoms with van der Waals surface area (Å²) in [5.41, 5.74) is 11.0. The molecule has 0 aliphatic carbocycles. The van der Waals surface area contributed by atoms with Crippen LogP contribution in [0.3, 0.4) is 0 Å². The summed E-state index contributed by atoms with van der Waals surface area (Å²) in [4.78, 5) is 0. The smallest absolute Gasteiger partial charge is 0.145 e. The third-order valence-electron chi connectivity index (χ3n) is 5.75. The molecule has 0 amide bonds. The molecule has 0 heterocycles. The normalized spacial score (nSPS) is 14.0. The molecule has 32 heavy (non-hydrogen) atoms. The Morgan fingerprint density at radius 1 is 0.750 bits per heavy atom. The Labute approximate surface area is 195 Å². The van der Waals surface area contributed by atoms with E-state index in [1.54, 1.807) is 0 Å². The molecule has 2 nitrogen and oxygen atoms in total. The quantitative estimate of drug-likeness (QED) is 0.315. The van der Waals surface area contributed by atoms with Gasteiger partial charge in [0.2, 0.25) is 0 Å². The first-order valence-electron chi connectivity index (χ1n) is 10.9. The van der Waals surface area contributed by atoms with Crippen LogP contribution >= 0.6 is 11.6 Å². The van der Waals surface area contributed by atoms with Gasteiger partial charge in [0.05, 0.1) is 6.61 Å². The van der Waals surface area contributed by atoms with Crippen LogP contribution in [0.4, 0.5) is 0 Å². The molecule has 162 valence electrons. The van der Waals surface area contributed by atoms with Crippen molar-refractivity contribution < 1.29 is 4.74 Å². The summed E-state index contributed by atoms with van der Waals surface area (Å²) >= 11 is 6.77. The minimum absolute atomic E-state index is 0.159. The predicted octanol–water partition coefficient (Wildman–Crippen LogP) is 6.53. The lowest BCUT2D eigenvalue weighted by atomic mass is 9.79. The van der Waals surface area contributed by atoms with Crippen LogP contribution in [-0.4, -0.2) is 12.6 Å². The third-order valence-corrected chi connectivity index (χ3v) is 6.08. The number of nitrogens with two attached hydrogens (primary N) is 1. The Kier molecular flexibility index (Phi) is 7.06. The largest absolute Gasteiger partial charge is 0.359 e. The molecule has 2 N–H and O–H groups in total. The molecule has 0 aliphatic heterocycles. The standard InChI is InChI=1S/C29H28ClNO/c1-22-16-18-25(19-17-22)29(24-12-6-3-7-13-24,27-14-8-9-15-28(27)30)32-21-26(31)20-23-10-4-2-5-11-23/h2-19,26H,20-21,31H2,1H3/t26-,29?/m0/s1. The van der Waals surface area contributed by atoms with Crippen LogP contribution in [0, 0.1) is 6.92 Å². The van der Waals surface area contributed by atoms with Gasteiger partial charge in [0.15, 0.2) is 0 Å². The number of benzene rings is 4. The minimum Gasteiger partial charge on any atom is -0.359 e. The van der Waals surface area contributed by atoms with Gasteiger partial charge in [0.25, 0.3) is 0 Å².